The van der Waals surface area contributed by atoms with E-state index in [0.717, 1.165) is 51.9 Å². The highest BCUT2D eigenvalue weighted by Crippen LogP contribution is 2.32. The molecule has 1 atom stereocenters. The topological polar surface area (TPSA) is 24.9 Å². The van der Waals surface area contributed by atoms with Crippen LogP contribution in [0.5, 0.6) is 0 Å². The van der Waals surface area contributed by atoms with E-state index in [1.807, 2.05) is 0 Å². The minimum absolute atomic E-state index is 0.0894. The Morgan fingerprint density at radius 3 is 2.74 bits per heavy atom. The summed E-state index contributed by atoms with van der Waals surface area (Å²) in [6.45, 7) is 12.5. The van der Waals surface area contributed by atoms with E-state index in [4.69, 9.17) is 9.47 Å². The van der Waals surface area contributed by atoms with Crippen LogP contribution in [0, 0.1) is 5.92 Å². The molecule has 1 aliphatic carbocycles. The lowest BCUT2D eigenvalue weighted by Crippen LogP contribution is -2.59. The van der Waals surface area contributed by atoms with Crippen LogP contribution in [0.3, 0.4) is 0 Å². The molecule has 0 radical (unpaired) electrons. The second-order valence-corrected chi connectivity index (χ2v) is 6.83. The molecule has 0 aromatic carbocycles. The van der Waals surface area contributed by atoms with Crippen molar-refractivity contribution in [2.45, 2.75) is 38.3 Å². The van der Waals surface area contributed by atoms with Gasteiger partial charge in [0.05, 0.1) is 19.8 Å². The third-order valence-electron chi connectivity index (χ3n) is 4.65. The number of morpholine rings is 1. The van der Waals surface area contributed by atoms with Gasteiger partial charge in [0, 0.05) is 38.8 Å². The molecule has 4 heteroatoms. The number of nitrogens with zero attached hydrogens (tertiary/aromatic N) is 2. The van der Waals surface area contributed by atoms with Gasteiger partial charge in [-0.15, -0.1) is 0 Å². The molecule has 1 saturated carbocycles. The second kappa shape index (κ2) is 5.68. The van der Waals surface area contributed by atoms with Gasteiger partial charge in [0.1, 0.15) is 5.60 Å². The van der Waals surface area contributed by atoms with Gasteiger partial charge in [0.15, 0.2) is 0 Å². The predicted molar refractivity (Wildman–Crippen MR) is 75.4 cm³/mol. The summed E-state index contributed by atoms with van der Waals surface area (Å²) in [6, 6.07) is 0.570. The maximum atomic E-state index is 6.19. The number of rotatable bonds is 3. The maximum absolute atomic E-state index is 6.19. The Kier molecular flexibility index (Phi) is 4.13. The fourth-order valence-corrected chi connectivity index (χ4v) is 3.30. The summed E-state index contributed by atoms with van der Waals surface area (Å²) in [5.74, 6) is 0.961. The maximum Gasteiger partial charge on any atom is 0.117 e. The van der Waals surface area contributed by atoms with Crippen LogP contribution >= 0.6 is 0 Å². The summed E-state index contributed by atoms with van der Waals surface area (Å²) in [7, 11) is 0. The molecule has 110 valence electrons. The molecule has 19 heavy (non-hydrogen) atoms. The zero-order chi connectivity index (χ0) is 13.3. The standard InChI is InChI=1S/C15H28N2O2/c1-13(2)17-6-7-18-12-15(11-17)10-16(5-8-19-15)9-14-3-4-14/h13-14H,3-12H2,1-2H3/t15-/m1/s1. The summed E-state index contributed by atoms with van der Waals surface area (Å²) >= 11 is 0. The smallest absolute Gasteiger partial charge is 0.117 e. The van der Waals surface area contributed by atoms with Crippen LogP contribution in [0.1, 0.15) is 26.7 Å². The number of ether oxygens (including phenoxy) is 2. The zero-order valence-electron chi connectivity index (χ0n) is 12.4. The van der Waals surface area contributed by atoms with Crippen molar-refractivity contribution >= 4 is 0 Å². The van der Waals surface area contributed by atoms with Gasteiger partial charge in [-0.3, -0.25) is 9.80 Å². The average Bonchev–Trinajstić information content (AvgIpc) is 3.18. The van der Waals surface area contributed by atoms with Crippen molar-refractivity contribution in [2.24, 2.45) is 5.92 Å². The van der Waals surface area contributed by atoms with E-state index in [1.54, 1.807) is 0 Å². The molecule has 3 aliphatic rings. The molecule has 0 N–H and O–H groups in total. The third-order valence-corrected chi connectivity index (χ3v) is 4.65. The number of hydrogen-bond acceptors (Lipinski definition) is 4. The van der Waals surface area contributed by atoms with E-state index in [0.29, 0.717) is 6.04 Å². The largest absolute Gasteiger partial charge is 0.377 e. The Labute approximate surface area is 117 Å². The summed E-state index contributed by atoms with van der Waals surface area (Å²) in [4.78, 5) is 5.11. The van der Waals surface area contributed by atoms with E-state index in [9.17, 15) is 0 Å². The van der Waals surface area contributed by atoms with Gasteiger partial charge in [0.2, 0.25) is 0 Å². The fraction of sp³-hybridized carbons (Fsp3) is 1.00. The molecule has 0 unspecified atom stereocenters. The molecule has 1 spiro atoms. The quantitative estimate of drug-likeness (QED) is 0.768. The minimum Gasteiger partial charge on any atom is -0.377 e. The fourth-order valence-electron chi connectivity index (χ4n) is 3.30. The molecular formula is C15H28N2O2. The molecule has 0 aromatic heterocycles. The van der Waals surface area contributed by atoms with Gasteiger partial charge in [-0.25, -0.2) is 0 Å². The molecule has 0 bridgehead atoms. The SMILES string of the molecule is CC(C)N1CCOC[C@@]2(CN(CC3CC3)CCO2)C1. The molecular weight excluding hydrogens is 240 g/mol. The molecule has 0 amide bonds. The van der Waals surface area contributed by atoms with Gasteiger partial charge in [-0.1, -0.05) is 0 Å². The highest BCUT2D eigenvalue weighted by Gasteiger charge is 2.41. The Balaban J connectivity index is 1.64. The monoisotopic (exact) mass is 268 g/mol. The lowest BCUT2D eigenvalue weighted by Gasteiger charge is -2.44. The minimum atomic E-state index is -0.0894. The van der Waals surface area contributed by atoms with Crippen molar-refractivity contribution in [3.63, 3.8) is 0 Å². The van der Waals surface area contributed by atoms with Crippen LogP contribution in [-0.4, -0.2) is 74.0 Å². The predicted octanol–water partition coefficient (Wildman–Crippen LogP) is 1.21. The van der Waals surface area contributed by atoms with Gasteiger partial charge >= 0.3 is 0 Å². The number of hydrogen-bond donors (Lipinski definition) is 0. The van der Waals surface area contributed by atoms with E-state index in [2.05, 4.69) is 23.6 Å². The van der Waals surface area contributed by atoms with Crippen molar-refractivity contribution in [1.82, 2.24) is 9.80 Å². The van der Waals surface area contributed by atoms with Crippen molar-refractivity contribution in [2.75, 3.05) is 52.5 Å². The zero-order valence-corrected chi connectivity index (χ0v) is 12.4. The van der Waals surface area contributed by atoms with Gasteiger partial charge in [-0.05, 0) is 32.6 Å². The van der Waals surface area contributed by atoms with Crippen LogP contribution in [0.2, 0.25) is 0 Å². The van der Waals surface area contributed by atoms with Crippen LogP contribution in [0.15, 0.2) is 0 Å². The average molecular weight is 268 g/mol. The van der Waals surface area contributed by atoms with Crippen molar-refractivity contribution in [1.29, 1.82) is 0 Å². The first-order valence-electron chi connectivity index (χ1n) is 7.85. The second-order valence-electron chi connectivity index (χ2n) is 6.83. The Morgan fingerprint density at radius 2 is 2.00 bits per heavy atom. The Hall–Kier alpha value is -0.160. The summed E-state index contributed by atoms with van der Waals surface area (Å²) < 4.78 is 12.0. The molecule has 2 saturated heterocycles. The van der Waals surface area contributed by atoms with E-state index in [1.165, 1.54) is 19.4 Å². The first-order valence-corrected chi connectivity index (χ1v) is 7.85. The van der Waals surface area contributed by atoms with E-state index >= 15 is 0 Å². The highest BCUT2D eigenvalue weighted by molar-refractivity contribution is 4.94. The van der Waals surface area contributed by atoms with Crippen LogP contribution < -0.4 is 0 Å². The first-order chi connectivity index (χ1) is 9.17. The summed E-state index contributed by atoms with van der Waals surface area (Å²) in [5.41, 5.74) is -0.0894. The summed E-state index contributed by atoms with van der Waals surface area (Å²) in [5, 5.41) is 0. The van der Waals surface area contributed by atoms with Crippen molar-refractivity contribution < 1.29 is 9.47 Å². The molecule has 4 nitrogen and oxygen atoms in total. The highest BCUT2D eigenvalue weighted by atomic mass is 16.5. The van der Waals surface area contributed by atoms with Gasteiger partial charge in [-0.2, -0.15) is 0 Å². The van der Waals surface area contributed by atoms with E-state index < -0.39 is 0 Å². The van der Waals surface area contributed by atoms with Gasteiger partial charge < -0.3 is 9.47 Å². The Morgan fingerprint density at radius 1 is 1.16 bits per heavy atom. The third kappa shape index (κ3) is 3.48. The molecule has 3 fully saturated rings. The van der Waals surface area contributed by atoms with Crippen LogP contribution in [0.25, 0.3) is 0 Å². The molecule has 0 aromatic rings. The van der Waals surface area contributed by atoms with Crippen molar-refractivity contribution in [3.8, 4) is 0 Å². The lowest BCUT2D eigenvalue weighted by atomic mass is 10.0. The lowest BCUT2D eigenvalue weighted by molar-refractivity contribution is -0.143. The van der Waals surface area contributed by atoms with Gasteiger partial charge in [0.25, 0.3) is 0 Å². The summed E-state index contributed by atoms with van der Waals surface area (Å²) in [6.07, 6.45) is 2.86. The van der Waals surface area contributed by atoms with E-state index in [-0.39, 0.29) is 5.60 Å². The first kappa shape index (κ1) is 13.8. The van der Waals surface area contributed by atoms with Crippen LogP contribution in [-0.2, 0) is 9.47 Å². The van der Waals surface area contributed by atoms with Crippen molar-refractivity contribution in [3.05, 3.63) is 0 Å². The molecule has 2 aliphatic heterocycles. The normalized spacial score (nSPS) is 34.9. The molecule has 3 rings (SSSR count). The van der Waals surface area contributed by atoms with Crippen LogP contribution in [0.4, 0.5) is 0 Å². The molecule has 2 heterocycles. The Bertz CT molecular complexity index is 307.